The van der Waals surface area contributed by atoms with E-state index < -0.39 is 10.0 Å². The Labute approximate surface area is 173 Å². The van der Waals surface area contributed by atoms with E-state index in [-0.39, 0.29) is 35.7 Å². The van der Waals surface area contributed by atoms with E-state index in [1.165, 1.54) is 13.0 Å². The Kier molecular flexibility index (Phi) is 6.33. The Morgan fingerprint density at radius 2 is 1.79 bits per heavy atom. The summed E-state index contributed by atoms with van der Waals surface area (Å²) in [4.78, 5) is 28.0. The Hall–Kier alpha value is -1.93. The van der Waals surface area contributed by atoms with Crippen LogP contribution in [0.2, 0.25) is 0 Å². The van der Waals surface area contributed by atoms with Gasteiger partial charge in [0.1, 0.15) is 0 Å². The van der Waals surface area contributed by atoms with Gasteiger partial charge in [0.25, 0.3) is 0 Å². The van der Waals surface area contributed by atoms with Crippen LogP contribution in [-0.2, 0) is 26.0 Å². The number of carbonyl (C=O) groups excluding carboxylic acids is 2. The number of carbonyl (C=O) groups is 2. The van der Waals surface area contributed by atoms with E-state index in [0.717, 1.165) is 30.8 Å². The molecule has 2 aliphatic rings. The number of hydrogen-bond acceptors (Lipinski definition) is 4. The van der Waals surface area contributed by atoms with Crippen molar-refractivity contribution in [1.29, 1.82) is 0 Å². The summed E-state index contributed by atoms with van der Waals surface area (Å²) in [5.41, 5.74) is 1.62. The van der Waals surface area contributed by atoms with Gasteiger partial charge in [0.05, 0.1) is 4.90 Å². The Morgan fingerprint density at radius 1 is 1.14 bits per heavy atom. The highest BCUT2D eigenvalue weighted by atomic mass is 32.2. The quantitative estimate of drug-likeness (QED) is 0.789. The Morgan fingerprint density at radius 3 is 2.41 bits per heavy atom. The van der Waals surface area contributed by atoms with E-state index in [0.29, 0.717) is 18.3 Å². The second-order valence-electron chi connectivity index (χ2n) is 8.63. The van der Waals surface area contributed by atoms with Crippen LogP contribution in [-0.4, -0.2) is 50.8 Å². The van der Waals surface area contributed by atoms with Crippen molar-refractivity contribution in [3.63, 3.8) is 0 Å². The van der Waals surface area contributed by atoms with Gasteiger partial charge >= 0.3 is 0 Å². The number of anilines is 1. The van der Waals surface area contributed by atoms with Gasteiger partial charge in [0.2, 0.25) is 21.8 Å². The molecule has 1 aromatic rings. The summed E-state index contributed by atoms with van der Waals surface area (Å²) in [5, 5.41) is 0. The lowest BCUT2D eigenvalue weighted by atomic mass is 9.92. The van der Waals surface area contributed by atoms with Crippen LogP contribution in [0.5, 0.6) is 0 Å². The molecule has 1 aromatic carbocycles. The van der Waals surface area contributed by atoms with Crippen molar-refractivity contribution < 1.29 is 18.0 Å². The van der Waals surface area contributed by atoms with Crippen molar-refractivity contribution in [2.75, 3.05) is 24.5 Å². The zero-order valence-corrected chi connectivity index (χ0v) is 18.5. The Balaban J connectivity index is 1.61. The molecular weight excluding hydrogens is 390 g/mol. The molecule has 2 heterocycles. The van der Waals surface area contributed by atoms with Gasteiger partial charge in [0, 0.05) is 44.7 Å². The normalized spacial score (nSPS) is 24.5. The molecule has 0 spiro atoms. The van der Waals surface area contributed by atoms with Crippen molar-refractivity contribution in [2.45, 2.75) is 57.9 Å². The van der Waals surface area contributed by atoms with Crippen LogP contribution in [0.25, 0.3) is 0 Å². The highest BCUT2D eigenvalue weighted by Crippen LogP contribution is 2.33. The first-order valence-electron chi connectivity index (χ1n) is 10.3. The Bertz CT molecular complexity index is 889. The molecule has 2 aliphatic heterocycles. The van der Waals surface area contributed by atoms with Gasteiger partial charge < -0.3 is 9.80 Å². The minimum atomic E-state index is -3.71. The highest BCUT2D eigenvalue weighted by Gasteiger charge is 2.30. The minimum absolute atomic E-state index is 0.00835. The van der Waals surface area contributed by atoms with E-state index in [1.54, 1.807) is 17.0 Å². The number of fused-ring (bicyclic) bond motifs is 1. The molecule has 0 aromatic heterocycles. The standard InChI is InChI=1S/C21H31N3O4S/c1-14-9-15(2)13-23(12-14)21(26)7-8-22-29(27,28)19-5-6-20-18(11-19)10-16(3)24(20)17(4)25/h5-6,11,14-16,22H,7-10,12-13H2,1-4H3/t14-,15+,16-/m0/s1. The molecule has 0 radical (unpaired) electrons. The minimum Gasteiger partial charge on any atom is -0.342 e. The van der Waals surface area contributed by atoms with E-state index in [9.17, 15) is 18.0 Å². The number of likely N-dealkylation sites (tertiary alicyclic amines) is 1. The van der Waals surface area contributed by atoms with Gasteiger partial charge in [0.15, 0.2) is 0 Å². The molecule has 0 saturated carbocycles. The molecular formula is C21H31N3O4S. The molecule has 160 valence electrons. The summed E-state index contributed by atoms with van der Waals surface area (Å²) in [6.07, 6.45) is 1.90. The summed E-state index contributed by atoms with van der Waals surface area (Å²) >= 11 is 0. The van der Waals surface area contributed by atoms with Gasteiger partial charge in [-0.3, -0.25) is 9.59 Å². The van der Waals surface area contributed by atoms with Gasteiger partial charge in [-0.1, -0.05) is 13.8 Å². The molecule has 8 heteroatoms. The van der Waals surface area contributed by atoms with Crippen molar-refractivity contribution in [3.8, 4) is 0 Å². The molecule has 0 bridgehead atoms. The smallest absolute Gasteiger partial charge is 0.240 e. The summed E-state index contributed by atoms with van der Waals surface area (Å²) in [7, 11) is -3.71. The molecule has 3 atom stereocenters. The average Bonchev–Trinajstić information content (AvgIpc) is 2.95. The molecule has 7 nitrogen and oxygen atoms in total. The third-order valence-electron chi connectivity index (χ3n) is 5.77. The molecule has 29 heavy (non-hydrogen) atoms. The van der Waals surface area contributed by atoms with E-state index in [1.807, 2.05) is 11.8 Å². The summed E-state index contributed by atoms with van der Waals surface area (Å²) in [6.45, 7) is 9.30. The summed E-state index contributed by atoms with van der Waals surface area (Å²) in [6, 6.07) is 4.86. The first-order valence-corrected chi connectivity index (χ1v) is 11.8. The number of benzene rings is 1. The SMILES string of the molecule is CC(=O)N1c2ccc(S(=O)(=O)NCCC(=O)N3C[C@H](C)C[C@H](C)C3)cc2C[C@@H]1C. The molecule has 3 rings (SSSR count). The van der Waals surface area contributed by atoms with Gasteiger partial charge in [-0.25, -0.2) is 13.1 Å². The monoisotopic (exact) mass is 421 g/mol. The van der Waals surface area contributed by atoms with Crippen LogP contribution in [0.4, 0.5) is 5.69 Å². The van der Waals surface area contributed by atoms with E-state index in [4.69, 9.17) is 0 Å². The number of sulfonamides is 1. The predicted molar refractivity (Wildman–Crippen MR) is 112 cm³/mol. The van der Waals surface area contributed by atoms with Crippen molar-refractivity contribution in [2.24, 2.45) is 11.8 Å². The number of hydrogen-bond donors (Lipinski definition) is 1. The zero-order valence-electron chi connectivity index (χ0n) is 17.6. The van der Waals surface area contributed by atoms with E-state index >= 15 is 0 Å². The van der Waals surface area contributed by atoms with Gasteiger partial charge in [-0.2, -0.15) is 0 Å². The largest absolute Gasteiger partial charge is 0.342 e. The second-order valence-corrected chi connectivity index (χ2v) is 10.4. The van der Waals surface area contributed by atoms with Crippen molar-refractivity contribution in [3.05, 3.63) is 23.8 Å². The van der Waals surface area contributed by atoms with Gasteiger partial charge in [-0.15, -0.1) is 0 Å². The number of piperidine rings is 1. The average molecular weight is 422 g/mol. The fourth-order valence-corrected chi connectivity index (χ4v) is 5.74. The summed E-state index contributed by atoms with van der Waals surface area (Å²) < 4.78 is 27.9. The fraction of sp³-hybridized carbons (Fsp3) is 0.619. The molecule has 1 fully saturated rings. The number of rotatable bonds is 5. The number of nitrogens with one attached hydrogen (secondary N) is 1. The van der Waals surface area contributed by atoms with Crippen LogP contribution in [0.1, 0.15) is 46.1 Å². The maximum absolute atomic E-state index is 12.7. The van der Waals surface area contributed by atoms with Crippen LogP contribution in [0.3, 0.4) is 0 Å². The molecule has 0 aliphatic carbocycles. The first kappa shape index (κ1) is 21.8. The summed E-state index contributed by atoms with van der Waals surface area (Å²) in [5.74, 6) is 0.890. The maximum atomic E-state index is 12.7. The van der Waals surface area contributed by atoms with Crippen LogP contribution < -0.4 is 9.62 Å². The fourth-order valence-electron chi connectivity index (χ4n) is 4.65. The van der Waals surface area contributed by atoms with Crippen LogP contribution >= 0.6 is 0 Å². The van der Waals surface area contributed by atoms with E-state index in [2.05, 4.69) is 18.6 Å². The van der Waals surface area contributed by atoms with Crippen LogP contribution in [0.15, 0.2) is 23.1 Å². The van der Waals surface area contributed by atoms with Crippen LogP contribution in [0, 0.1) is 11.8 Å². The lowest BCUT2D eigenvalue weighted by molar-refractivity contribution is -0.133. The third kappa shape index (κ3) is 4.80. The number of nitrogens with zero attached hydrogens (tertiary/aromatic N) is 2. The molecule has 1 saturated heterocycles. The zero-order chi connectivity index (χ0) is 21.3. The molecule has 0 unspecified atom stereocenters. The second kappa shape index (κ2) is 8.44. The third-order valence-corrected chi connectivity index (χ3v) is 7.23. The van der Waals surface area contributed by atoms with Gasteiger partial charge in [-0.05, 0) is 55.4 Å². The molecule has 2 amide bonds. The lowest BCUT2D eigenvalue weighted by Gasteiger charge is -2.35. The first-order chi connectivity index (χ1) is 13.6. The topological polar surface area (TPSA) is 86.8 Å². The van der Waals surface area contributed by atoms with Crippen molar-refractivity contribution >= 4 is 27.5 Å². The molecule has 1 N–H and O–H groups in total. The number of amides is 2. The highest BCUT2D eigenvalue weighted by molar-refractivity contribution is 7.89. The lowest BCUT2D eigenvalue weighted by Crippen LogP contribution is -2.43. The maximum Gasteiger partial charge on any atom is 0.240 e. The predicted octanol–water partition coefficient (Wildman–Crippen LogP) is 2.16. The van der Waals surface area contributed by atoms with Crippen molar-refractivity contribution in [1.82, 2.24) is 9.62 Å².